The van der Waals surface area contributed by atoms with E-state index >= 15 is 0 Å². The van der Waals surface area contributed by atoms with Gasteiger partial charge in [-0.15, -0.1) is 0 Å². The molecule has 1 amide bonds. The number of halogens is 1. The Hall–Kier alpha value is -3.24. The number of nitrogens with one attached hydrogen (secondary N) is 1. The summed E-state index contributed by atoms with van der Waals surface area (Å²) in [5.74, 6) is -0.892. The van der Waals surface area contributed by atoms with Gasteiger partial charge in [0.15, 0.2) is 9.84 Å². The van der Waals surface area contributed by atoms with Gasteiger partial charge in [-0.3, -0.25) is 9.10 Å². The van der Waals surface area contributed by atoms with E-state index in [0.717, 1.165) is 22.4 Å². The van der Waals surface area contributed by atoms with Gasteiger partial charge in [0.05, 0.1) is 29.4 Å². The smallest absolute Gasteiger partial charge is 0.251 e. The van der Waals surface area contributed by atoms with Crippen molar-refractivity contribution in [1.29, 1.82) is 0 Å². The minimum absolute atomic E-state index is 0.183. The van der Waals surface area contributed by atoms with Crippen molar-refractivity contribution in [2.45, 2.75) is 24.4 Å². The standard InChI is InChI=1S/C24H25FN2O5S2/c1-17(18-10-14-22(15-11-18)33(2,29)30)26-24(28)19-8-12-21(13-9-19)27(34(3,31)32)16-20-6-4-5-7-23(20)25/h4-15,17H,16H2,1-3H3,(H,26,28)/t17-/m1/s1. The summed E-state index contributed by atoms with van der Waals surface area (Å²) in [5, 5.41) is 2.83. The lowest BCUT2D eigenvalue weighted by Crippen LogP contribution is -2.30. The van der Waals surface area contributed by atoms with Gasteiger partial charge in [0, 0.05) is 17.4 Å². The zero-order chi connectivity index (χ0) is 25.1. The molecule has 0 heterocycles. The van der Waals surface area contributed by atoms with Crippen molar-refractivity contribution in [3.05, 3.63) is 95.3 Å². The van der Waals surface area contributed by atoms with E-state index in [4.69, 9.17) is 0 Å². The molecular weight excluding hydrogens is 479 g/mol. The Labute approximate surface area is 199 Å². The third-order valence-electron chi connectivity index (χ3n) is 5.25. The molecule has 0 saturated carbocycles. The Morgan fingerprint density at radius 2 is 1.50 bits per heavy atom. The lowest BCUT2D eigenvalue weighted by Gasteiger charge is -2.23. The first kappa shape index (κ1) is 25.4. The highest BCUT2D eigenvalue weighted by Crippen LogP contribution is 2.23. The molecule has 1 atom stereocenters. The fourth-order valence-corrected chi connectivity index (χ4v) is 4.84. The van der Waals surface area contributed by atoms with Crippen LogP contribution in [0.3, 0.4) is 0 Å². The molecule has 7 nitrogen and oxygen atoms in total. The summed E-state index contributed by atoms with van der Waals surface area (Å²) in [6, 6.07) is 17.7. The topological polar surface area (TPSA) is 101 Å². The van der Waals surface area contributed by atoms with Gasteiger partial charge < -0.3 is 5.32 Å². The molecule has 0 aliphatic heterocycles. The maximum Gasteiger partial charge on any atom is 0.251 e. The average Bonchev–Trinajstić information content (AvgIpc) is 2.77. The number of amides is 1. The number of sulfonamides is 1. The zero-order valence-electron chi connectivity index (χ0n) is 18.9. The summed E-state index contributed by atoms with van der Waals surface area (Å²) in [4.78, 5) is 12.9. The van der Waals surface area contributed by atoms with Crippen LogP contribution in [0.4, 0.5) is 10.1 Å². The van der Waals surface area contributed by atoms with Gasteiger partial charge in [-0.05, 0) is 55.0 Å². The van der Waals surface area contributed by atoms with Crippen molar-refractivity contribution < 1.29 is 26.0 Å². The third-order valence-corrected chi connectivity index (χ3v) is 7.51. The Morgan fingerprint density at radius 3 is 2.03 bits per heavy atom. The lowest BCUT2D eigenvalue weighted by atomic mass is 10.1. The highest BCUT2D eigenvalue weighted by molar-refractivity contribution is 7.92. The minimum atomic E-state index is -3.71. The zero-order valence-corrected chi connectivity index (χ0v) is 20.5. The number of hydrogen-bond donors (Lipinski definition) is 1. The summed E-state index contributed by atoms with van der Waals surface area (Å²) in [6.07, 6.45) is 2.16. The van der Waals surface area contributed by atoms with Gasteiger partial charge >= 0.3 is 0 Å². The van der Waals surface area contributed by atoms with Crippen LogP contribution in [-0.4, -0.2) is 35.3 Å². The molecule has 0 aliphatic rings. The molecule has 10 heteroatoms. The second-order valence-electron chi connectivity index (χ2n) is 7.94. The van der Waals surface area contributed by atoms with Gasteiger partial charge in [0.1, 0.15) is 5.82 Å². The first-order valence-electron chi connectivity index (χ1n) is 10.3. The maximum atomic E-state index is 14.1. The molecule has 0 aromatic heterocycles. The summed E-state index contributed by atoms with van der Waals surface area (Å²) in [7, 11) is -7.02. The normalized spacial score (nSPS) is 12.7. The Balaban J connectivity index is 1.75. The average molecular weight is 505 g/mol. The predicted molar refractivity (Wildman–Crippen MR) is 129 cm³/mol. The molecule has 0 spiro atoms. The van der Waals surface area contributed by atoms with Gasteiger partial charge in [-0.25, -0.2) is 21.2 Å². The van der Waals surface area contributed by atoms with Crippen LogP contribution in [0.2, 0.25) is 0 Å². The quantitative estimate of drug-likeness (QED) is 0.504. The summed E-state index contributed by atoms with van der Waals surface area (Å²) in [5.41, 5.74) is 1.56. The largest absolute Gasteiger partial charge is 0.346 e. The predicted octanol–water partition coefficient (Wildman–Crippen LogP) is 3.69. The number of carbonyl (C=O) groups excluding carboxylic acids is 1. The second kappa shape index (κ2) is 9.94. The van der Waals surface area contributed by atoms with E-state index in [0.29, 0.717) is 11.3 Å². The molecule has 0 unspecified atom stereocenters. The molecule has 3 aromatic carbocycles. The van der Waals surface area contributed by atoms with Crippen molar-refractivity contribution in [2.75, 3.05) is 16.8 Å². The van der Waals surface area contributed by atoms with Crippen LogP contribution in [0.1, 0.15) is 34.5 Å². The first-order chi connectivity index (χ1) is 15.9. The Bertz CT molecular complexity index is 1390. The molecule has 3 rings (SSSR count). The van der Waals surface area contributed by atoms with Crippen LogP contribution in [0.5, 0.6) is 0 Å². The van der Waals surface area contributed by atoms with Crippen LogP contribution < -0.4 is 9.62 Å². The molecule has 34 heavy (non-hydrogen) atoms. The molecule has 0 saturated heterocycles. The van der Waals surface area contributed by atoms with E-state index < -0.39 is 31.7 Å². The number of hydrogen-bond acceptors (Lipinski definition) is 5. The first-order valence-corrected chi connectivity index (χ1v) is 14.0. The van der Waals surface area contributed by atoms with Gasteiger partial charge in [-0.2, -0.15) is 0 Å². The molecule has 3 aromatic rings. The number of rotatable bonds is 8. The van der Waals surface area contributed by atoms with Crippen molar-refractivity contribution in [3.63, 3.8) is 0 Å². The molecule has 0 radical (unpaired) electrons. The van der Waals surface area contributed by atoms with Crippen molar-refractivity contribution in [2.24, 2.45) is 0 Å². The molecule has 1 N–H and O–H groups in total. The molecule has 0 aliphatic carbocycles. The fourth-order valence-electron chi connectivity index (χ4n) is 3.33. The van der Waals surface area contributed by atoms with Crippen LogP contribution >= 0.6 is 0 Å². The number of anilines is 1. The monoisotopic (exact) mass is 504 g/mol. The SMILES string of the molecule is C[C@@H](NC(=O)c1ccc(N(Cc2ccccc2F)S(C)(=O)=O)cc1)c1ccc(S(C)(=O)=O)cc1. The Kier molecular flexibility index (Phi) is 7.42. The summed E-state index contributed by atoms with van der Waals surface area (Å²) < 4.78 is 63.0. The third kappa shape index (κ3) is 6.21. The second-order valence-corrected chi connectivity index (χ2v) is 11.9. The molecular formula is C24H25FN2O5S2. The maximum absolute atomic E-state index is 14.1. The van der Waals surface area contributed by atoms with E-state index in [9.17, 15) is 26.0 Å². The van der Waals surface area contributed by atoms with Crippen LogP contribution in [-0.2, 0) is 26.4 Å². The van der Waals surface area contributed by atoms with E-state index in [1.165, 1.54) is 54.6 Å². The minimum Gasteiger partial charge on any atom is -0.346 e. The summed E-state index contributed by atoms with van der Waals surface area (Å²) in [6.45, 7) is 1.58. The van der Waals surface area contributed by atoms with Crippen molar-refractivity contribution in [1.82, 2.24) is 5.32 Å². The van der Waals surface area contributed by atoms with Gasteiger partial charge in [0.25, 0.3) is 5.91 Å². The lowest BCUT2D eigenvalue weighted by molar-refractivity contribution is 0.0940. The molecule has 0 fully saturated rings. The fraction of sp³-hybridized carbons (Fsp3) is 0.208. The molecule has 0 bridgehead atoms. The number of sulfone groups is 1. The summed E-state index contributed by atoms with van der Waals surface area (Å²) >= 11 is 0. The van der Waals surface area contributed by atoms with Crippen LogP contribution in [0.15, 0.2) is 77.7 Å². The number of benzene rings is 3. The number of carbonyl (C=O) groups is 1. The van der Waals surface area contributed by atoms with Gasteiger partial charge in [-0.1, -0.05) is 30.3 Å². The highest BCUT2D eigenvalue weighted by atomic mass is 32.2. The van der Waals surface area contributed by atoms with E-state index in [1.807, 2.05) is 0 Å². The van der Waals surface area contributed by atoms with Crippen LogP contribution in [0, 0.1) is 5.82 Å². The van der Waals surface area contributed by atoms with E-state index in [1.54, 1.807) is 25.1 Å². The van der Waals surface area contributed by atoms with Crippen molar-refractivity contribution in [3.8, 4) is 0 Å². The van der Waals surface area contributed by atoms with Crippen LogP contribution in [0.25, 0.3) is 0 Å². The molecule has 180 valence electrons. The van der Waals surface area contributed by atoms with Gasteiger partial charge in [0.2, 0.25) is 10.0 Å². The van der Waals surface area contributed by atoms with E-state index in [-0.39, 0.29) is 22.9 Å². The Morgan fingerprint density at radius 1 is 0.912 bits per heavy atom. The number of nitrogens with zero attached hydrogens (tertiary/aromatic N) is 1. The highest BCUT2D eigenvalue weighted by Gasteiger charge is 2.20. The van der Waals surface area contributed by atoms with Crippen molar-refractivity contribution >= 4 is 31.5 Å². The van der Waals surface area contributed by atoms with E-state index in [2.05, 4.69) is 5.32 Å².